The molecule has 186 valence electrons. The average molecular weight is 503 g/mol. The van der Waals surface area contributed by atoms with Gasteiger partial charge in [0.1, 0.15) is 10.7 Å². The Bertz CT molecular complexity index is 1440. The standard InChI is InChI=1S/C29H30N2O4S/c1-5-29(2,3)17-12-13-19-24(15-17)36-27(25(19)28(33)34-4)31-26(32)20-16-22(23-11-8-14-35-23)30-21-10-7-6-9-18(20)21/h6-11,14,16-17H,5,12-13,15H2,1-4H3,(H,31,32). The van der Waals surface area contributed by atoms with Crippen LogP contribution < -0.4 is 5.32 Å². The molecule has 5 rings (SSSR count). The van der Waals surface area contributed by atoms with Crippen LogP contribution in [0.2, 0.25) is 0 Å². The van der Waals surface area contributed by atoms with Gasteiger partial charge in [-0.05, 0) is 60.4 Å². The van der Waals surface area contributed by atoms with Gasteiger partial charge in [0, 0.05) is 10.3 Å². The molecular weight excluding hydrogens is 472 g/mol. The van der Waals surface area contributed by atoms with Crippen molar-refractivity contribution in [3.63, 3.8) is 0 Å². The Morgan fingerprint density at radius 3 is 2.75 bits per heavy atom. The van der Waals surface area contributed by atoms with Crippen LogP contribution in [0.25, 0.3) is 22.4 Å². The highest BCUT2D eigenvalue weighted by atomic mass is 32.1. The normalized spacial score (nSPS) is 15.5. The van der Waals surface area contributed by atoms with Gasteiger partial charge in [0.2, 0.25) is 0 Å². The minimum atomic E-state index is -0.410. The van der Waals surface area contributed by atoms with E-state index in [4.69, 9.17) is 9.15 Å². The van der Waals surface area contributed by atoms with Crippen LogP contribution in [0.5, 0.6) is 0 Å². The number of furan rings is 1. The Balaban J connectivity index is 1.54. The minimum Gasteiger partial charge on any atom is -0.465 e. The molecule has 1 aromatic carbocycles. The predicted molar refractivity (Wildman–Crippen MR) is 143 cm³/mol. The number of hydrogen-bond acceptors (Lipinski definition) is 6. The fraction of sp³-hybridized carbons (Fsp3) is 0.345. The lowest BCUT2D eigenvalue weighted by atomic mass is 9.69. The predicted octanol–water partition coefficient (Wildman–Crippen LogP) is 7.14. The lowest BCUT2D eigenvalue weighted by Crippen LogP contribution is -2.28. The molecule has 0 spiro atoms. The van der Waals surface area contributed by atoms with Gasteiger partial charge >= 0.3 is 5.97 Å². The molecule has 1 amide bonds. The van der Waals surface area contributed by atoms with E-state index >= 15 is 0 Å². The highest BCUT2D eigenvalue weighted by molar-refractivity contribution is 7.17. The maximum atomic E-state index is 13.7. The summed E-state index contributed by atoms with van der Waals surface area (Å²) in [4.78, 5) is 32.4. The third kappa shape index (κ3) is 4.32. The molecule has 0 aliphatic heterocycles. The molecule has 6 nitrogen and oxygen atoms in total. The molecule has 0 bridgehead atoms. The molecule has 0 saturated carbocycles. The van der Waals surface area contributed by atoms with E-state index < -0.39 is 5.97 Å². The van der Waals surface area contributed by atoms with Crippen molar-refractivity contribution in [1.29, 1.82) is 0 Å². The molecule has 1 unspecified atom stereocenters. The number of nitrogens with zero attached hydrogens (tertiary/aromatic N) is 1. The van der Waals surface area contributed by atoms with Crippen LogP contribution in [0.4, 0.5) is 5.00 Å². The number of pyridine rings is 1. The number of carbonyl (C=O) groups excluding carboxylic acids is 2. The number of esters is 1. The number of para-hydroxylation sites is 1. The van der Waals surface area contributed by atoms with E-state index in [1.54, 1.807) is 18.4 Å². The number of aromatic nitrogens is 1. The van der Waals surface area contributed by atoms with Crippen LogP contribution in [0, 0.1) is 11.3 Å². The number of amides is 1. The summed E-state index contributed by atoms with van der Waals surface area (Å²) in [5.74, 6) is 0.409. The average Bonchev–Trinajstić information content (AvgIpc) is 3.55. The summed E-state index contributed by atoms with van der Waals surface area (Å²) >= 11 is 1.50. The maximum absolute atomic E-state index is 13.7. The molecule has 0 fully saturated rings. The molecule has 0 radical (unpaired) electrons. The summed E-state index contributed by atoms with van der Waals surface area (Å²) in [5, 5.41) is 4.33. The maximum Gasteiger partial charge on any atom is 0.341 e. The number of ether oxygens (including phenoxy) is 1. The first-order valence-electron chi connectivity index (χ1n) is 12.3. The fourth-order valence-electron chi connectivity index (χ4n) is 5.03. The van der Waals surface area contributed by atoms with Gasteiger partial charge in [-0.25, -0.2) is 9.78 Å². The zero-order valence-electron chi connectivity index (χ0n) is 21.0. The Morgan fingerprint density at radius 1 is 1.22 bits per heavy atom. The van der Waals surface area contributed by atoms with Crippen LogP contribution >= 0.6 is 11.3 Å². The van der Waals surface area contributed by atoms with E-state index in [1.807, 2.05) is 30.3 Å². The Morgan fingerprint density at radius 2 is 2.03 bits per heavy atom. The number of methoxy groups -OCH3 is 1. The van der Waals surface area contributed by atoms with Crippen molar-refractivity contribution >= 4 is 39.1 Å². The zero-order valence-corrected chi connectivity index (χ0v) is 21.8. The van der Waals surface area contributed by atoms with E-state index in [1.165, 1.54) is 23.3 Å². The van der Waals surface area contributed by atoms with Gasteiger partial charge < -0.3 is 14.5 Å². The van der Waals surface area contributed by atoms with Crippen molar-refractivity contribution in [1.82, 2.24) is 4.98 Å². The molecule has 1 aliphatic rings. The number of benzene rings is 1. The van der Waals surface area contributed by atoms with Crippen molar-refractivity contribution in [2.45, 2.75) is 46.5 Å². The van der Waals surface area contributed by atoms with Crippen LogP contribution in [0.1, 0.15) is 64.8 Å². The topological polar surface area (TPSA) is 81.4 Å². The number of hydrogen-bond donors (Lipinski definition) is 1. The van der Waals surface area contributed by atoms with Gasteiger partial charge in [-0.15, -0.1) is 11.3 Å². The summed E-state index contributed by atoms with van der Waals surface area (Å²) in [6, 6.07) is 12.9. The molecule has 1 N–H and O–H groups in total. The molecule has 7 heteroatoms. The summed E-state index contributed by atoms with van der Waals surface area (Å²) in [7, 11) is 1.38. The van der Waals surface area contributed by atoms with Gasteiger partial charge in [0.05, 0.1) is 30.0 Å². The second kappa shape index (κ2) is 9.54. The first-order chi connectivity index (χ1) is 17.3. The third-order valence-corrected chi connectivity index (χ3v) is 8.80. The van der Waals surface area contributed by atoms with Gasteiger partial charge in [-0.1, -0.05) is 45.4 Å². The van der Waals surface area contributed by atoms with E-state index in [0.717, 1.165) is 36.6 Å². The Hall–Kier alpha value is -3.45. The van der Waals surface area contributed by atoms with Crippen molar-refractivity contribution in [3.8, 4) is 11.5 Å². The monoisotopic (exact) mass is 502 g/mol. The second-order valence-corrected chi connectivity index (χ2v) is 11.1. The van der Waals surface area contributed by atoms with Crippen molar-refractivity contribution in [3.05, 3.63) is 70.3 Å². The Kier molecular flexibility index (Phi) is 6.43. The number of fused-ring (bicyclic) bond motifs is 2. The minimum absolute atomic E-state index is 0.217. The van der Waals surface area contributed by atoms with Crippen LogP contribution in [-0.2, 0) is 17.6 Å². The molecule has 4 aromatic rings. The lowest BCUT2D eigenvalue weighted by Gasteiger charge is -2.36. The molecule has 0 saturated heterocycles. The molecule has 3 heterocycles. The third-order valence-electron chi connectivity index (χ3n) is 7.63. The van der Waals surface area contributed by atoms with E-state index in [2.05, 4.69) is 31.1 Å². The van der Waals surface area contributed by atoms with Crippen LogP contribution in [0.15, 0.2) is 53.1 Å². The highest BCUT2D eigenvalue weighted by Crippen LogP contribution is 2.46. The van der Waals surface area contributed by atoms with Crippen molar-refractivity contribution in [2.75, 3.05) is 12.4 Å². The Labute approximate surface area is 214 Å². The molecule has 1 atom stereocenters. The van der Waals surface area contributed by atoms with Gasteiger partial charge in [-0.2, -0.15) is 0 Å². The van der Waals surface area contributed by atoms with Crippen molar-refractivity contribution in [2.24, 2.45) is 11.3 Å². The first-order valence-corrected chi connectivity index (χ1v) is 13.1. The number of carbonyl (C=O) groups is 2. The van der Waals surface area contributed by atoms with E-state index in [0.29, 0.717) is 39.0 Å². The summed E-state index contributed by atoms with van der Waals surface area (Å²) in [6.07, 6.45) is 5.41. The number of rotatable bonds is 6. The molecular formula is C29H30N2O4S. The second-order valence-electron chi connectivity index (χ2n) is 9.98. The highest BCUT2D eigenvalue weighted by Gasteiger charge is 2.35. The molecule has 36 heavy (non-hydrogen) atoms. The van der Waals surface area contributed by atoms with Crippen molar-refractivity contribution < 1.29 is 18.7 Å². The summed E-state index contributed by atoms with van der Waals surface area (Å²) in [6.45, 7) is 6.85. The summed E-state index contributed by atoms with van der Waals surface area (Å²) < 4.78 is 10.7. The zero-order chi connectivity index (χ0) is 25.4. The largest absolute Gasteiger partial charge is 0.465 e. The molecule has 1 aliphatic carbocycles. The van der Waals surface area contributed by atoms with Crippen LogP contribution in [0.3, 0.4) is 0 Å². The fourth-order valence-corrected chi connectivity index (χ4v) is 6.34. The molecule has 3 aromatic heterocycles. The number of nitrogens with one attached hydrogen (secondary N) is 1. The smallest absolute Gasteiger partial charge is 0.341 e. The first kappa shape index (κ1) is 24.3. The van der Waals surface area contributed by atoms with E-state index in [-0.39, 0.29) is 11.3 Å². The lowest BCUT2D eigenvalue weighted by molar-refractivity contribution is 0.0600. The van der Waals surface area contributed by atoms with Gasteiger partial charge in [0.15, 0.2) is 5.76 Å². The van der Waals surface area contributed by atoms with Gasteiger partial charge in [0.25, 0.3) is 5.91 Å². The number of thiophene rings is 1. The van der Waals surface area contributed by atoms with Crippen LogP contribution in [-0.4, -0.2) is 24.0 Å². The quantitative estimate of drug-likeness (QED) is 0.284. The summed E-state index contributed by atoms with van der Waals surface area (Å²) in [5.41, 5.74) is 3.46. The van der Waals surface area contributed by atoms with Gasteiger partial charge in [-0.3, -0.25) is 4.79 Å². The van der Waals surface area contributed by atoms with E-state index in [9.17, 15) is 9.59 Å². The number of anilines is 1. The SMILES string of the molecule is CCC(C)(C)C1CCc2c(sc(NC(=O)c3cc(-c4ccco4)nc4ccccc34)c2C(=O)OC)C1.